The van der Waals surface area contributed by atoms with Crippen molar-refractivity contribution in [2.75, 3.05) is 26.7 Å². The summed E-state index contributed by atoms with van der Waals surface area (Å²) in [6, 6.07) is 8.11. The first-order valence-electron chi connectivity index (χ1n) is 8.60. The molecule has 1 saturated heterocycles. The molecular weight excluding hydrogens is 288 g/mol. The molecule has 1 amide bonds. The second-order valence-electron chi connectivity index (χ2n) is 7.70. The molecule has 1 aromatic carbocycles. The van der Waals surface area contributed by atoms with Crippen molar-refractivity contribution in [3.63, 3.8) is 0 Å². The number of carbonyl (C=O) groups excluding carboxylic acids is 1. The van der Waals surface area contributed by atoms with E-state index in [1.54, 1.807) is 7.11 Å². The largest absolute Gasteiger partial charge is 0.497 e. The first kappa shape index (κ1) is 16.3. The number of carbonyl (C=O) groups is 1. The Morgan fingerprint density at radius 1 is 1.30 bits per heavy atom. The van der Waals surface area contributed by atoms with Crippen molar-refractivity contribution in [1.29, 1.82) is 0 Å². The van der Waals surface area contributed by atoms with Crippen LogP contribution in [0.5, 0.6) is 5.75 Å². The normalized spacial score (nSPS) is 22.7. The van der Waals surface area contributed by atoms with Crippen molar-refractivity contribution in [3.05, 3.63) is 29.8 Å². The lowest BCUT2D eigenvalue weighted by molar-refractivity contribution is -0.123. The van der Waals surface area contributed by atoms with E-state index in [1.165, 1.54) is 5.56 Å². The minimum atomic E-state index is -0.0852. The number of methoxy groups -OCH3 is 1. The third-order valence-corrected chi connectivity index (χ3v) is 5.68. The molecule has 3 rings (SSSR count). The lowest BCUT2D eigenvalue weighted by atomic mass is 9.84. The number of rotatable bonds is 5. The Balaban J connectivity index is 1.55. The van der Waals surface area contributed by atoms with Gasteiger partial charge in [0.25, 0.3) is 0 Å². The topological polar surface area (TPSA) is 50.4 Å². The summed E-state index contributed by atoms with van der Waals surface area (Å²) < 4.78 is 5.21. The first-order valence-corrected chi connectivity index (χ1v) is 8.60. The molecule has 4 heteroatoms. The molecule has 1 atom stereocenters. The zero-order valence-corrected chi connectivity index (χ0v) is 14.4. The Morgan fingerprint density at radius 2 is 1.96 bits per heavy atom. The van der Waals surface area contributed by atoms with Gasteiger partial charge in [0.1, 0.15) is 5.75 Å². The number of amides is 1. The van der Waals surface area contributed by atoms with Gasteiger partial charge in [-0.3, -0.25) is 4.79 Å². The van der Waals surface area contributed by atoms with E-state index < -0.39 is 0 Å². The summed E-state index contributed by atoms with van der Waals surface area (Å²) in [4.78, 5) is 12.5. The number of piperidine rings is 1. The fourth-order valence-electron chi connectivity index (χ4n) is 3.77. The van der Waals surface area contributed by atoms with E-state index in [9.17, 15) is 4.79 Å². The Hall–Kier alpha value is -1.55. The molecule has 1 aliphatic heterocycles. The van der Waals surface area contributed by atoms with Crippen LogP contribution in [0.3, 0.4) is 0 Å². The number of hydrogen-bond acceptors (Lipinski definition) is 3. The third-order valence-electron chi connectivity index (χ3n) is 5.68. The Morgan fingerprint density at radius 3 is 2.57 bits per heavy atom. The first-order chi connectivity index (χ1) is 11.0. The highest BCUT2D eigenvalue weighted by Gasteiger charge is 2.57. The molecule has 0 radical (unpaired) electrons. The average Bonchev–Trinajstić information content (AvgIpc) is 3.26. The Labute approximate surface area is 139 Å². The molecule has 1 aliphatic carbocycles. The van der Waals surface area contributed by atoms with E-state index in [-0.39, 0.29) is 17.2 Å². The van der Waals surface area contributed by atoms with Crippen LogP contribution in [-0.2, 0) is 10.2 Å². The lowest BCUT2D eigenvalue weighted by Gasteiger charge is -2.27. The Kier molecular flexibility index (Phi) is 4.37. The van der Waals surface area contributed by atoms with Crippen LogP contribution in [0.25, 0.3) is 0 Å². The second-order valence-corrected chi connectivity index (χ2v) is 7.70. The quantitative estimate of drug-likeness (QED) is 0.877. The van der Waals surface area contributed by atoms with Crippen LogP contribution in [0.4, 0.5) is 0 Å². The monoisotopic (exact) mass is 316 g/mol. The highest BCUT2D eigenvalue weighted by atomic mass is 16.5. The fourth-order valence-corrected chi connectivity index (χ4v) is 3.77. The summed E-state index contributed by atoms with van der Waals surface area (Å²) in [5, 5.41) is 6.58. The molecule has 1 aromatic rings. The van der Waals surface area contributed by atoms with Crippen LogP contribution >= 0.6 is 0 Å². The molecule has 126 valence electrons. The van der Waals surface area contributed by atoms with Gasteiger partial charge in [0.2, 0.25) is 5.91 Å². The van der Waals surface area contributed by atoms with Crippen LogP contribution < -0.4 is 15.4 Å². The van der Waals surface area contributed by atoms with Gasteiger partial charge in [0.15, 0.2) is 0 Å². The molecule has 0 aromatic heterocycles. The maximum absolute atomic E-state index is 12.5. The second kappa shape index (κ2) is 6.16. The summed E-state index contributed by atoms with van der Waals surface area (Å²) in [7, 11) is 1.67. The third kappa shape index (κ3) is 3.37. The van der Waals surface area contributed by atoms with Crippen molar-refractivity contribution in [1.82, 2.24) is 10.6 Å². The molecule has 1 saturated carbocycles. The SMILES string of the molecule is COc1ccc(C(C)(C)CNC(=O)C2CC23CCNCC3)cc1. The van der Waals surface area contributed by atoms with E-state index in [1.807, 2.05) is 12.1 Å². The predicted octanol–water partition coefficient (Wildman–Crippen LogP) is 2.48. The standard InChI is InChI=1S/C19H28N2O2/c1-18(2,14-4-6-15(23-3)7-5-14)13-21-17(22)16-12-19(16)8-10-20-11-9-19/h4-7,16,20H,8-13H2,1-3H3,(H,21,22). The minimum absolute atomic E-state index is 0.0852. The number of ether oxygens (including phenoxy) is 1. The molecule has 2 N–H and O–H groups in total. The average molecular weight is 316 g/mol. The summed E-state index contributed by atoms with van der Waals surface area (Å²) in [5.41, 5.74) is 1.43. The van der Waals surface area contributed by atoms with E-state index in [2.05, 4.69) is 36.6 Å². The van der Waals surface area contributed by atoms with Gasteiger partial charge in [0.05, 0.1) is 7.11 Å². The molecule has 0 bridgehead atoms. The minimum Gasteiger partial charge on any atom is -0.497 e. The van der Waals surface area contributed by atoms with Crippen LogP contribution in [0.15, 0.2) is 24.3 Å². The highest BCUT2D eigenvalue weighted by Crippen LogP contribution is 2.58. The van der Waals surface area contributed by atoms with Crippen LogP contribution in [0.1, 0.15) is 38.7 Å². The van der Waals surface area contributed by atoms with E-state index in [0.29, 0.717) is 12.0 Å². The van der Waals surface area contributed by atoms with Crippen LogP contribution in [-0.4, -0.2) is 32.7 Å². The van der Waals surface area contributed by atoms with Crippen molar-refractivity contribution >= 4 is 5.91 Å². The number of nitrogens with one attached hydrogen (secondary N) is 2. The summed E-state index contributed by atoms with van der Waals surface area (Å²) in [5.74, 6) is 1.34. The molecule has 1 unspecified atom stereocenters. The van der Waals surface area contributed by atoms with Gasteiger partial charge in [-0.2, -0.15) is 0 Å². The molecule has 2 fully saturated rings. The lowest BCUT2D eigenvalue weighted by Crippen LogP contribution is -2.39. The van der Waals surface area contributed by atoms with Crippen LogP contribution in [0.2, 0.25) is 0 Å². The maximum Gasteiger partial charge on any atom is 0.223 e. The van der Waals surface area contributed by atoms with E-state index >= 15 is 0 Å². The maximum atomic E-state index is 12.5. The zero-order chi connectivity index (χ0) is 16.5. The van der Waals surface area contributed by atoms with Gasteiger partial charge in [0, 0.05) is 17.9 Å². The van der Waals surface area contributed by atoms with Gasteiger partial charge in [-0.25, -0.2) is 0 Å². The molecule has 1 heterocycles. The van der Waals surface area contributed by atoms with Crippen molar-refractivity contribution < 1.29 is 9.53 Å². The summed E-state index contributed by atoms with van der Waals surface area (Å²) >= 11 is 0. The summed E-state index contributed by atoms with van der Waals surface area (Å²) in [6.45, 7) is 7.12. The molecule has 4 nitrogen and oxygen atoms in total. The number of benzene rings is 1. The fraction of sp³-hybridized carbons (Fsp3) is 0.632. The zero-order valence-electron chi connectivity index (χ0n) is 14.4. The summed E-state index contributed by atoms with van der Waals surface area (Å²) in [6.07, 6.45) is 3.36. The smallest absolute Gasteiger partial charge is 0.223 e. The van der Waals surface area contributed by atoms with Gasteiger partial charge >= 0.3 is 0 Å². The van der Waals surface area contributed by atoms with Crippen LogP contribution in [0, 0.1) is 11.3 Å². The predicted molar refractivity (Wildman–Crippen MR) is 91.7 cm³/mol. The van der Waals surface area contributed by atoms with Gasteiger partial charge in [-0.15, -0.1) is 0 Å². The molecule has 1 spiro atoms. The van der Waals surface area contributed by atoms with E-state index in [4.69, 9.17) is 4.74 Å². The number of hydrogen-bond donors (Lipinski definition) is 2. The van der Waals surface area contributed by atoms with Crippen molar-refractivity contribution in [2.45, 2.75) is 38.5 Å². The van der Waals surface area contributed by atoms with Crippen molar-refractivity contribution in [2.24, 2.45) is 11.3 Å². The van der Waals surface area contributed by atoms with Gasteiger partial charge < -0.3 is 15.4 Å². The molecular formula is C19H28N2O2. The van der Waals surface area contributed by atoms with E-state index in [0.717, 1.165) is 38.1 Å². The Bertz CT molecular complexity index is 559. The highest BCUT2D eigenvalue weighted by molar-refractivity contribution is 5.82. The van der Waals surface area contributed by atoms with Gasteiger partial charge in [-0.05, 0) is 55.5 Å². The molecule has 2 aliphatic rings. The molecule has 23 heavy (non-hydrogen) atoms. The van der Waals surface area contributed by atoms with Gasteiger partial charge in [-0.1, -0.05) is 26.0 Å². The van der Waals surface area contributed by atoms with Crippen molar-refractivity contribution in [3.8, 4) is 5.75 Å².